The summed E-state index contributed by atoms with van der Waals surface area (Å²) in [4.78, 5) is 29.3. The quantitative estimate of drug-likeness (QED) is 0.273. The van der Waals surface area contributed by atoms with E-state index in [0.29, 0.717) is 29.0 Å². The van der Waals surface area contributed by atoms with Crippen LogP contribution in [0.5, 0.6) is 5.75 Å². The number of ether oxygens (including phenoxy) is 1. The second-order valence-electron chi connectivity index (χ2n) is 10.2. The molecule has 3 aromatic carbocycles. The van der Waals surface area contributed by atoms with Crippen LogP contribution in [-0.4, -0.2) is 45.7 Å². The third-order valence-corrected chi connectivity index (χ3v) is 7.62. The number of nitrogens with zero attached hydrogens (tertiary/aromatic N) is 5. The molecule has 1 heterocycles. The number of carbonyl (C=O) groups excluding carboxylic acids is 2. The topological polar surface area (TPSA) is 102 Å². The molecule has 1 N–H and O–H groups in total. The number of tetrazole rings is 1. The molecule has 10 heteroatoms. The zero-order chi connectivity index (χ0) is 28.6. The third-order valence-electron chi connectivity index (χ3n) is 7.36. The third kappa shape index (κ3) is 7.49. The van der Waals surface area contributed by atoms with Gasteiger partial charge >= 0.3 is 0 Å². The number of amides is 2. The molecule has 0 aliphatic heterocycles. The molecule has 0 atom stereocenters. The van der Waals surface area contributed by atoms with Gasteiger partial charge in [0.2, 0.25) is 11.7 Å². The Morgan fingerprint density at radius 3 is 2.37 bits per heavy atom. The van der Waals surface area contributed by atoms with Crippen LogP contribution >= 0.6 is 11.6 Å². The fourth-order valence-electron chi connectivity index (χ4n) is 5.06. The van der Waals surface area contributed by atoms with Gasteiger partial charge in [-0.15, -0.1) is 10.2 Å². The normalized spacial score (nSPS) is 13.5. The summed E-state index contributed by atoms with van der Waals surface area (Å²) in [5, 5.41) is 16.0. The summed E-state index contributed by atoms with van der Waals surface area (Å²) in [7, 11) is 1.61. The minimum Gasteiger partial charge on any atom is -0.497 e. The first-order chi connectivity index (χ1) is 20.0. The highest BCUT2D eigenvalue weighted by Crippen LogP contribution is 2.33. The van der Waals surface area contributed by atoms with Crippen LogP contribution < -0.4 is 15.0 Å². The summed E-state index contributed by atoms with van der Waals surface area (Å²) in [6, 6.07) is 22.5. The van der Waals surface area contributed by atoms with E-state index in [4.69, 9.17) is 16.3 Å². The smallest absolute Gasteiger partial charge is 0.251 e. The van der Waals surface area contributed by atoms with Gasteiger partial charge in [0.15, 0.2) is 0 Å². The Kier molecular flexibility index (Phi) is 9.26. The average molecular weight is 573 g/mol. The summed E-state index contributed by atoms with van der Waals surface area (Å²) < 4.78 is 5.20. The summed E-state index contributed by atoms with van der Waals surface area (Å²) >= 11 is 5.98. The largest absolute Gasteiger partial charge is 0.497 e. The van der Waals surface area contributed by atoms with Crippen molar-refractivity contribution in [3.8, 4) is 17.1 Å². The molecule has 4 aromatic rings. The summed E-state index contributed by atoms with van der Waals surface area (Å²) in [6.45, 7) is 0.0216. The zero-order valence-corrected chi connectivity index (χ0v) is 23.8. The van der Waals surface area contributed by atoms with Gasteiger partial charge < -0.3 is 15.0 Å². The molecule has 9 nitrogen and oxygen atoms in total. The van der Waals surface area contributed by atoms with Crippen molar-refractivity contribution >= 4 is 29.1 Å². The number of methoxy groups -OCH3 is 1. The average Bonchev–Trinajstić information content (AvgIpc) is 3.48. The van der Waals surface area contributed by atoms with Gasteiger partial charge in [0.05, 0.1) is 7.11 Å². The monoisotopic (exact) mass is 572 g/mol. The predicted molar refractivity (Wildman–Crippen MR) is 158 cm³/mol. The van der Waals surface area contributed by atoms with E-state index in [1.807, 2.05) is 36.4 Å². The number of nitrogens with one attached hydrogen (secondary N) is 1. The van der Waals surface area contributed by atoms with Crippen LogP contribution in [0.1, 0.15) is 49.1 Å². The molecular weight excluding hydrogens is 540 g/mol. The van der Waals surface area contributed by atoms with Crippen LogP contribution in [0.15, 0.2) is 72.8 Å². The van der Waals surface area contributed by atoms with Gasteiger partial charge in [0.25, 0.3) is 5.91 Å². The molecule has 1 fully saturated rings. The van der Waals surface area contributed by atoms with Gasteiger partial charge in [-0.25, -0.2) is 0 Å². The number of benzene rings is 3. The van der Waals surface area contributed by atoms with Crippen LogP contribution in [0.4, 0.5) is 5.69 Å². The van der Waals surface area contributed by atoms with E-state index in [9.17, 15) is 9.59 Å². The van der Waals surface area contributed by atoms with Gasteiger partial charge in [-0.1, -0.05) is 55.1 Å². The van der Waals surface area contributed by atoms with E-state index in [0.717, 1.165) is 16.9 Å². The number of hydrogen-bond donors (Lipinski definition) is 1. The van der Waals surface area contributed by atoms with E-state index in [2.05, 4.69) is 32.9 Å². The fraction of sp³-hybridized carbons (Fsp3) is 0.323. The Bertz CT molecular complexity index is 1450. The highest BCUT2D eigenvalue weighted by molar-refractivity contribution is 6.30. The highest BCUT2D eigenvalue weighted by Gasteiger charge is 2.22. The molecule has 0 unspecified atom stereocenters. The lowest BCUT2D eigenvalue weighted by Crippen LogP contribution is -2.42. The zero-order valence-electron chi connectivity index (χ0n) is 23.0. The Balaban J connectivity index is 1.30. The summed E-state index contributed by atoms with van der Waals surface area (Å²) in [6.07, 6.45) is 6.15. The molecule has 1 aliphatic carbocycles. The second kappa shape index (κ2) is 13.4. The molecule has 0 saturated heterocycles. The van der Waals surface area contributed by atoms with Gasteiger partial charge in [0.1, 0.15) is 18.8 Å². The number of hydrogen-bond acceptors (Lipinski definition) is 6. The maximum atomic E-state index is 13.6. The van der Waals surface area contributed by atoms with Crippen molar-refractivity contribution in [3.63, 3.8) is 0 Å². The van der Waals surface area contributed by atoms with E-state index in [1.54, 1.807) is 31.4 Å². The molecule has 0 bridgehead atoms. The molecule has 41 heavy (non-hydrogen) atoms. The van der Waals surface area contributed by atoms with Crippen molar-refractivity contribution in [3.05, 3.63) is 88.9 Å². The predicted octanol–water partition coefficient (Wildman–Crippen LogP) is 5.40. The first kappa shape index (κ1) is 28.3. The number of rotatable bonds is 10. The van der Waals surface area contributed by atoms with Crippen molar-refractivity contribution in [2.45, 2.75) is 51.1 Å². The maximum Gasteiger partial charge on any atom is 0.251 e. The summed E-state index contributed by atoms with van der Waals surface area (Å²) in [5.74, 6) is 1.07. The van der Waals surface area contributed by atoms with Crippen LogP contribution in [0.2, 0.25) is 5.02 Å². The van der Waals surface area contributed by atoms with Crippen LogP contribution in [0, 0.1) is 0 Å². The molecule has 2 amide bonds. The lowest BCUT2D eigenvalue weighted by molar-refractivity contribution is -0.124. The number of anilines is 1. The molecule has 1 saturated carbocycles. The van der Waals surface area contributed by atoms with Crippen molar-refractivity contribution in [2.75, 3.05) is 18.6 Å². The van der Waals surface area contributed by atoms with Gasteiger partial charge in [-0.2, -0.15) is 4.80 Å². The first-order valence-corrected chi connectivity index (χ1v) is 14.2. The Hall–Kier alpha value is -4.24. The molecule has 0 spiro atoms. The lowest BCUT2D eigenvalue weighted by atomic mass is 9.84. The van der Waals surface area contributed by atoms with Crippen molar-refractivity contribution in [1.82, 2.24) is 25.5 Å². The standard InChI is InChI=1S/C31H33ClN6O3/c1-41-28-17-7-22(8-18-28)19-33-29(39)20-37(27-15-11-24(12-16-27)23-5-3-2-4-6-23)30(40)21-38-35-31(34-36-38)25-9-13-26(32)14-10-25/h7-18,23H,2-6,19-21H2,1H3,(H,33,39). The van der Waals surface area contributed by atoms with Crippen LogP contribution in [-0.2, 0) is 22.7 Å². The van der Waals surface area contributed by atoms with Gasteiger partial charge in [-0.3, -0.25) is 9.59 Å². The summed E-state index contributed by atoms with van der Waals surface area (Å²) in [5.41, 5.74) is 3.58. The molecule has 212 valence electrons. The van der Waals surface area contributed by atoms with Crippen molar-refractivity contribution in [2.24, 2.45) is 0 Å². The molecule has 1 aliphatic rings. The maximum absolute atomic E-state index is 13.6. The SMILES string of the molecule is COc1ccc(CNC(=O)CN(C(=O)Cn2nnc(-c3ccc(Cl)cc3)n2)c2ccc(C3CCCCC3)cc2)cc1. The second-order valence-corrected chi connectivity index (χ2v) is 10.6. The number of aromatic nitrogens is 4. The van der Waals surface area contributed by atoms with E-state index in [-0.39, 0.29) is 24.9 Å². The van der Waals surface area contributed by atoms with E-state index < -0.39 is 0 Å². The molecule has 0 radical (unpaired) electrons. The van der Waals surface area contributed by atoms with Crippen molar-refractivity contribution in [1.29, 1.82) is 0 Å². The van der Waals surface area contributed by atoms with Crippen LogP contribution in [0.25, 0.3) is 11.4 Å². The fourth-order valence-corrected chi connectivity index (χ4v) is 5.19. The van der Waals surface area contributed by atoms with Crippen LogP contribution in [0.3, 0.4) is 0 Å². The Labute approximate surface area is 244 Å². The minimum atomic E-state index is -0.324. The van der Waals surface area contributed by atoms with Gasteiger partial charge in [-0.05, 0) is 83.6 Å². The minimum absolute atomic E-state index is 0.142. The van der Waals surface area contributed by atoms with Crippen molar-refractivity contribution < 1.29 is 14.3 Å². The van der Waals surface area contributed by atoms with Gasteiger partial charge in [0, 0.05) is 22.8 Å². The molecule has 5 rings (SSSR count). The number of carbonyl (C=O) groups is 2. The first-order valence-electron chi connectivity index (χ1n) is 13.8. The molecular formula is C31H33ClN6O3. The highest BCUT2D eigenvalue weighted by atomic mass is 35.5. The molecule has 1 aromatic heterocycles. The Morgan fingerprint density at radius 1 is 0.976 bits per heavy atom. The Morgan fingerprint density at radius 2 is 1.68 bits per heavy atom. The van der Waals surface area contributed by atoms with E-state index >= 15 is 0 Å². The number of halogens is 1. The van der Waals surface area contributed by atoms with E-state index in [1.165, 1.54) is 47.4 Å². The lowest BCUT2D eigenvalue weighted by Gasteiger charge is -2.25.